The minimum atomic E-state index is -0.618. The molecule has 0 atom stereocenters. The minimum Gasteiger partial charge on any atom is -0.359 e. The zero-order chi connectivity index (χ0) is 30.8. The third-order valence-corrected chi connectivity index (χ3v) is 10.7. The van der Waals surface area contributed by atoms with Crippen molar-refractivity contribution < 1.29 is 4.52 Å². The van der Waals surface area contributed by atoms with E-state index in [1.807, 2.05) is 0 Å². The lowest BCUT2D eigenvalue weighted by atomic mass is 9.74. The van der Waals surface area contributed by atoms with Gasteiger partial charge in [-0.25, -0.2) is 0 Å². The normalized spacial score (nSPS) is 15.3. The lowest BCUT2D eigenvalue weighted by Crippen LogP contribution is -2.23. The predicted molar refractivity (Wildman–Crippen MR) is 184 cm³/mol. The summed E-state index contributed by atoms with van der Waals surface area (Å²) in [7, 11) is -0.618. The molecule has 1 nitrogen and oxygen atoms in total. The van der Waals surface area contributed by atoms with Crippen molar-refractivity contribution in [1.29, 1.82) is 0 Å². The zero-order valence-electron chi connectivity index (χ0n) is 29.2. The van der Waals surface area contributed by atoms with E-state index in [2.05, 4.69) is 114 Å². The average Bonchev–Trinajstić information content (AvgIpc) is 2.80. The SMILES string of the molecule is CCCCCCCCOP1Cc2c(cc(C(C)(C)C)cc2C(C)(C)C)Cc2cc(C(C)(C)C)cc(C(C)(C)C)c2C1. The summed E-state index contributed by atoms with van der Waals surface area (Å²) < 4.78 is 6.93. The van der Waals surface area contributed by atoms with Gasteiger partial charge in [0.15, 0.2) is 0 Å². The monoisotopic (exact) mass is 578 g/mol. The highest BCUT2D eigenvalue weighted by molar-refractivity contribution is 7.50. The van der Waals surface area contributed by atoms with Crippen LogP contribution in [-0.4, -0.2) is 6.61 Å². The van der Waals surface area contributed by atoms with Crippen molar-refractivity contribution in [2.75, 3.05) is 6.61 Å². The van der Waals surface area contributed by atoms with Gasteiger partial charge in [-0.1, -0.05) is 146 Å². The van der Waals surface area contributed by atoms with Crippen LogP contribution >= 0.6 is 8.15 Å². The molecule has 230 valence electrons. The van der Waals surface area contributed by atoms with Gasteiger partial charge in [-0.05, 0) is 79.0 Å². The quantitative estimate of drug-likeness (QED) is 0.224. The summed E-state index contributed by atoms with van der Waals surface area (Å²) in [5, 5.41) is 0. The van der Waals surface area contributed by atoms with Crippen LogP contribution < -0.4 is 0 Å². The van der Waals surface area contributed by atoms with Crippen molar-refractivity contribution in [2.45, 2.75) is 169 Å². The molecular formula is C39H63OP. The van der Waals surface area contributed by atoms with E-state index in [0.29, 0.717) is 0 Å². The number of fused-ring (bicyclic) bond motifs is 2. The van der Waals surface area contributed by atoms with Gasteiger partial charge in [0.05, 0.1) is 6.61 Å². The molecule has 2 aromatic carbocycles. The fourth-order valence-electron chi connectivity index (χ4n) is 6.14. The maximum Gasteiger partial charge on any atom is 0.0509 e. The van der Waals surface area contributed by atoms with E-state index in [0.717, 1.165) is 25.4 Å². The van der Waals surface area contributed by atoms with Gasteiger partial charge in [0.25, 0.3) is 0 Å². The molecule has 0 aromatic heterocycles. The van der Waals surface area contributed by atoms with E-state index < -0.39 is 8.15 Å². The van der Waals surface area contributed by atoms with E-state index in [9.17, 15) is 0 Å². The lowest BCUT2D eigenvalue weighted by Gasteiger charge is -2.35. The summed E-state index contributed by atoms with van der Waals surface area (Å²) in [4.78, 5) is 0. The first-order chi connectivity index (χ1) is 18.8. The highest BCUT2D eigenvalue weighted by Gasteiger charge is 2.32. The van der Waals surface area contributed by atoms with Gasteiger partial charge in [0.2, 0.25) is 0 Å². The molecule has 0 radical (unpaired) electrons. The Morgan fingerprint density at radius 1 is 0.561 bits per heavy atom. The third kappa shape index (κ3) is 9.16. The van der Waals surface area contributed by atoms with Crippen LogP contribution in [0, 0.1) is 0 Å². The van der Waals surface area contributed by atoms with Crippen LogP contribution in [0.1, 0.15) is 173 Å². The molecule has 0 aliphatic carbocycles. The number of benzene rings is 2. The van der Waals surface area contributed by atoms with Crippen molar-refractivity contribution in [1.82, 2.24) is 0 Å². The Balaban J connectivity index is 2.18. The summed E-state index contributed by atoms with van der Waals surface area (Å²) in [5.41, 5.74) is 12.6. The van der Waals surface area contributed by atoms with Crippen LogP contribution in [0.5, 0.6) is 0 Å². The van der Waals surface area contributed by atoms with Crippen LogP contribution in [0.4, 0.5) is 0 Å². The first-order valence-electron chi connectivity index (χ1n) is 16.5. The number of hydrogen-bond acceptors (Lipinski definition) is 1. The van der Waals surface area contributed by atoms with E-state index in [1.165, 1.54) is 71.9 Å². The Bertz CT molecular complexity index is 1080. The van der Waals surface area contributed by atoms with Gasteiger partial charge >= 0.3 is 0 Å². The minimum absolute atomic E-state index is 0.0947. The van der Waals surface area contributed by atoms with Crippen molar-refractivity contribution >= 4 is 8.15 Å². The fraction of sp³-hybridized carbons (Fsp3) is 0.692. The van der Waals surface area contributed by atoms with Crippen molar-refractivity contribution in [3.63, 3.8) is 0 Å². The summed E-state index contributed by atoms with van der Waals surface area (Å²) >= 11 is 0. The Labute approximate surface area is 256 Å². The maximum absolute atomic E-state index is 6.93. The molecule has 2 aromatic rings. The Hall–Kier alpha value is -1.17. The van der Waals surface area contributed by atoms with Crippen LogP contribution in [0.2, 0.25) is 0 Å². The summed E-state index contributed by atoms with van der Waals surface area (Å²) in [5.74, 6) is 0. The van der Waals surface area contributed by atoms with E-state index in [1.54, 1.807) is 11.1 Å². The molecule has 41 heavy (non-hydrogen) atoms. The summed E-state index contributed by atoms with van der Waals surface area (Å²) in [6.07, 6.45) is 11.0. The molecule has 1 aliphatic rings. The second-order valence-corrected chi connectivity index (χ2v) is 18.8. The molecule has 0 saturated heterocycles. The van der Waals surface area contributed by atoms with E-state index in [4.69, 9.17) is 4.52 Å². The Morgan fingerprint density at radius 2 is 0.976 bits per heavy atom. The summed E-state index contributed by atoms with van der Waals surface area (Å²) in [6.45, 7) is 31.8. The van der Waals surface area contributed by atoms with Gasteiger partial charge in [0.1, 0.15) is 0 Å². The number of hydrogen-bond donors (Lipinski definition) is 0. The van der Waals surface area contributed by atoms with Crippen molar-refractivity contribution in [3.8, 4) is 0 Å². The molecule has 3 rings (SSSR count). The van der Waals surface area contributed by atoms with Crippen LogP contribution in [0.25, 0.3) is 0 Å². The van der Waals surface area contributed by atoms with Gasteiger partial charge < -0.3 is 4.52 Å². The van der Waals surface area contributed by atoms with Crippen LogP contribution in [0.15, 0.2) is 24.3 Å². The number of rotatable bonds is 8. The molecule has 0 unspecified atom stereocenters. The van der Waals surface area contributed by atoms with Crippen molar-refractivity contribution in [3.05, 3.63) is 68.8 Å². The van der Waals surface area contributed by atoms with Gasteiger partial charge in [-0.15, -0.1) is 0 Å². The molecule has 0 saturated carbocycles. The lowest BCUT2D eigenvalue weighted by molar-refractivity contribution is 0.333. The highest BCUT2D eigenvalue weighted by Crippen LogP contribution is 2.52. The molecule has 0 amide bonds. The maximum atomic E-state index is 6.93. The highest BCUT2D eigenvalue weighted by atomic mass is 31.1. The molecule has 0 N–H and O–H groups in total. The Morgan fingerprint density at radius 3 is 1.37 bits per heavy atom. The van der Waals surface area contributed by atoms with E-state index >= 15 is 0 Å². The van der Waals surface area contributed by atoms with Gasteiger partial charge in [-0.3, -0.25) is 0 Å². The molecule has 0 fully saturated rings. The number of unbranched alkanes of at least 4 members (excludes halogenated alkanes) is 5. The fourth-order valence-corrected chi connectivity index (χ4v) is 8.27. The zero-order valence-corrected chi connectivity index (χ0v) is 30.1. The predicted octanol–water partition coefficient (Wildman–Crippen LogP) is 12.3. The second kappa shape index (κ2) is 13.2. The Kier molecular flexibility index (Phi) is 11.1. The largest absolute Gasteiger partial charge is 0.359 e. The van der Waals surface area contributed by atoms with Crippen molar-refractivity contribution in [2.24, 2.45) is 0 Å². The molecule has 0 bridgehead atoms. The average molecular weight is 579 g/mol. The smallest absolute Gasteiger partial charge is 0.0509 e. The standard InChI is InChI=1S/C39H63OP/c1-14-15-16-17-18-19-20-40-41-26-32-28(22-30(36(2,3)4)24-34(32)38(8,9)10)21-29-23-31(37(5,6)7)25-35(33(29)27-41)39(11,12)13/h22-25H,14-21,26-27H2,1-13H3. The summed E-state index contributed by atoms with van der Waals surface area (Å²) in [6, 6.07) is 10.2. The first kappa shape index (κ1) is 34.3. The van der Waals surface area contributed by atoms with E-state index in [-0.39, 0.29) is 21.7 Å². The third-order valence-electron chi connectivity index (χ3n) is 8.85. The van der Waals surface area contributed by atoms with Crippen LogP contribution in [-0.2, 0) is 44.9 Å². The molecule has 0 spiro atoms. The topological polar surface area (TPSA) is 9.23 Å². The van der Waals surface area contributed by atoms with Gasteiger partial charge in [-0.2, -0.15) is 0 Å². The molecular weight excluding hydrogens is 515 g/mol. The molecule has 1 heterocycles. The van der Waals surface area contributed by atoms with Crippen LogP contribution in [0.3, 0.4) is 0 Å². The van der Waals surface area contributed by atoms with Gasteiger partial charge in [0, 0.05) is 20.5 Å². The molecule has 2 heteroatoms. The first-order valence-corrected chi connectivity index (χ1v) is 18.2. The molecule has 1 aliphatic heterocycles. The second-order valence-electron chi connectivity index (χ2n) is 16.9.